The molecule has 66 heavy (non-hydrogen) atoms. The van der Waals surface area contributed by atoms with E-state index in [0.29, 0.717) is 19.3 Å². The topological polar surface area (TPSA) is 78.9 Å². The van der Waals surface area contributed by atoms with Crippen LogP contribution in [0.3, 0.4) is 0 Å². The molecular weight excluding hydrogens is 817 g/mol. The molecule has 0 fully saturated rings. The highest BCUT2D eigenvalue weighted by Gasteiger charge is 2.19. The Morgan fingerprint density at radius 3 is 0.970 bits per heavy atom. The molecule has 0 radical (unpaired) electrons. The third-order valence-electron chi connectivity index (χ3n) is 11.0. The normalized spacial score (nSPS) is 13.0. The molecule has 0 heterocycles. The molecule has 0 aliphatic carbocycles. The summed E-state index contributed by atoms with van der Waals surface area (Å²) in [5.41, 5.74) is 0. The van der Waals surface area contributed by atoms with E-state index in [1.807, 2.05) is 0 Å². The van der Waals surface area contributed by atoms with Gasteiger partial charge in [-0.15, -0.1) is 0 Å². The average Bonchev–Trinajstić information content (AvgIpc) is 3.31. The van der Waals surface area contributed by atoms with Gasteiger partial charge in [0.1, 0.15) is 13.2 Å². The third-order valence-corrected chi connectivity index (χ3v) is 11.0. The highest BCUT2D eigenvalue weighted by atomic mass is 16.6. The van der Waals surface area contributed by atoms with Crippen LogP contribution in [0.15, 0.2) is 109 Å². The lowest BCUT2D eigenvalue weighted by atomic mass is 10.1. The third kappa shape index (κ3) is 51.1. The van der Waals surface area contributed by atoms with Crippen molar-refractivity contribution < 1.29 is 28.6 Å². The Morgan fingerprint density at radius 1 is 0.318 bits per heavy atom. The van der Waals surface area contributed by atoms with Crippen LogP contribution in [-0.4, -0.2) is 37.2 Å². The van der Waals surface area contributed by atoms with Crippen LogP contribution in [0.2, 0.25) is 0 Å². The molecule has 0 aromatic heterocycles. The van der Waals surface area contributed by atoms with E-state index in [9.17, 15) is 14.4 Å². The first-order valence-corrected chi connectivity index (χ1v) is 26.9. The van der Waals surface area contributed by atoms with Crippen LogP contribution in [0.25, 0.3) is 0 Å². The van der Waals surface area contributed by atoms with Gasteiger partial charge in [0.05, 0.1) is 0 Å². The van der Waals surface area contributed by atoms with Crippen molar-refractivity contribution in [3.8, 4) is 0 Å². The first kappa shape index (κ1) is 62.1. The molecule has 0 aromatic rings. The number of esters is 3. The van der Waals surface area contributed by atoms with Gasteiger partial charge >= 0.3 is 17.9 Å². The fraction of sp³-hybridized carbons (Fsp3) is 0.650. The Morgan fingerprint density at radius 2 is 0.591 bits per heavy atom. The molecule has 0 amide bonds. The maximum atomic E-state index is 12.8. The van der Waals surface area contributed by atoms with Crippen molar-refractivity contribution in [3.05, 3.63) is 109 Å². The number of carbonyl (C=O) groups is 3. The Bertz CT molecular complexity index is 1370. The molecule has 1 unspecified atom stereocenters. The van der Waals surface area contributed by atoms with Crippen LogP contribution < -0.4 is 0 Å². The van der Waals surface area contributed by atoms with E-state index in [2.05, 4.69) is 130 Å². The van der Waals surface area contributed by atoms with Gasteiger partial charge in [0, 0.05) is 19.3 Å². The largest absolute Gasteiger partial charge is 0.462 e. The van der Waals surface area contributed by atoms with E-state index in [-0.39, 0.29) is 37.5 Å². The number of carbonyl (C=O) groups excluding carboxylic acids is 3. The van der Waals surface area contributed by atoms with Gasteiger partial charge in [-0.2, -0.15) is 0 Å². The van der Waals surface area contributed by atoms with Crippen molar-refractivity contribution in [3.63, 3.8) is 0 Å². The van der Waals surface area contributed by atoms with E-state index in [4.69, 9.17) is 14.2 Å². The molecule has 6 nitrogen and oxygen atoms in total. The zero-order valence-corrected chi connectivity index (χ0v) is 42.7. The minimum absolute atomic E-state index is 0.101. The Kier molecular flexibility index (Phi) is 50.5. The molecule has 374 valence electrons. The highest BCUT2D eigenvalue weighted by molar-refractivity contribution is 5.71. The van der Waals surface area contributed by atoms with E-state index in [1.54, 1.807) is 0 Å². The van der Waals surface area contributed by atoms with Crippen LogP contribution in [0.1, 0.15) is 233 Å². The van der Waals surface area contributed by atoms with E-state index >= 15 is 0 Å². The molecule has 0 bridgehead atoms. The standard InChI is InChI=1S/C60H98O6/c1-4-7-10-13-16-19-22-24-26-27-28-29-30-31-32-33-35-36-38-41-44-47-50-53-59(62)65-56-57(55-64-58(61)52-49-46-43-40-21-18-15-12-9-6-3)66-60(63)54-51-48-45-42-39-37-34-25-23-20-17-14-11-8-5-2/h7-8,10-12,15-17,19-20,24-26,28-29,34,39,42,57H,4-6,9,13-14,18,21-23,27,30-33,35-38,40-41,43-56H2,1-3H3/b10-7-,11-8-,15-12-,19-16-,20-17-,26-24-,29-28-,34-25-,42-39-. The second-order valence-electron chi connectivity index (χ2n) is 17.4. The van der Waals surface area contributed by atoms with Crippen molar-refractivity contribution in [1.82, 2.24) is 0 Å². The highest BCUT2D eigenvalue weighted by Crippen LogP contribution is 2.14. The van der Waals surface area contributed by atoms with Crippen molar-refractivity contribution in [2.75, 3.05) is 13.2 Å². The van der Waals surface area contributed by atoms with Crippen molar-refractivity contribution in [1.29, 1.82) is 0 Å². The predicted octanol–water partition coefficient (Wildman–Crippen LogP) is 17.9. The maximum Gasteiger partial charge on any atom is 0.306 e. The van der Waals surface area contributed by atoms with Gasteiger partial charge < -0.3 is 14.2 Å². The van der Waals surface area contributed by atoms with Crippen LogP contribution in [-0.2, 0) is 28.6 Å². The molecule has 0 aliphatic heterocycles. The fourth-order valence-electron chi connectivity index (χ4n) is 7.01. The van der Waals surface area contributed by atoms with Gasteiger partial charge in [-0.05, 0) is 116 Å². The van der Waals surface area contributed by atoms with E-state index in [0.717, 1.165) is 122 Å². The lowest BCUT2D eigenvalue weighted by Gasteiger charge is -2.18. The summed E-state index contributed by atoms with van der Waals surface area (Å²) in [5, 5.41) is 0. The molecule has 0 spiro atoms. The first-order chi connectivity index (χ1) is 32.5. The molecule has 0 N–H and O–H groups in total. The minimum atomic E-state index is -0.805. The summed E-state index contributed by atoms with van der Waals surface area (Å²) in [7, 11) is 0. The summed E-state index contributed by atoms with van der Waals surface area (Å²) < 4.78 is 16.7. The lowest BCUT2D eigenvalue weighted by Crippen LogP contribution is -2.30. The van der Waals surface area contributed by atoms with Crippen LogP contribution in [0, 0.1) is 0 Å². The van der Waals surface area contributed by atoms with Gasteiger partial charge in [0.2, 0.25) is 0 Å². The second kappa shape index (κ2) is 53.7. The Labute approximate surface area is 406 Å². The van der Waals surface area contributed by atoms with Gasteiger partial charge in [0.15, 0.2) is 6.10 Å². The molecule has 0 saturated carbocycles. The van der Waals surface area contributed by atoms with E-state index < -0.39 is 6.10 Å². The molecule has 0 saturated heterocycles. The number of hydrogen-bond donors (Lipinski definition) is 0. The smallest absolute Gasteiger partial charge is 0.306 e. The maximum absolute atomic E-state index is 12.8. The zero-order valence-electron chi connectivity index (χ0n) is 42.7. The van der Waals surface area contributed by atoms with Crippen LogP contribution >= 0.6 is 0 Å². The van der Waals surface area contributed by atoms with Crippen LogP contribution in [0.5, 0.6) is 0 Å². The first-order valence-electron chi connectivity index (χ1n) is 26.9. The van der Waals surface area contributed by atoms with Gasteiger partial charge in [0.25, 0.3) is 0 Å². The number of unbranched alkanes of at least 4 members (excludes halogenated alkanes) is 18. The number of hydrogen-bond acceptors (Lipinski definition) is 6. The van der Waals surface area contributed by atoms with Crippen molar-refractivity contribution in [2.24, 2.45) is 0 Å². The molecule has 0 rings (SSSR count). The van der Waals surface area contributed by atoms with Gasteiger partial charge in [-0.25, -0.2) is 0 Å². The van der Waals surface area contributed by atoms with Gasteiger partial charge in [-0.1, -0.05) is 207 Å². The quantitative estimate of drug-likeness (QED) is 0.0262. The Hall–Kier alpha value is -3.93. The number of rotatable bonds is 47. The van der Waals surface area contributed by atoms with Crippen LogP contribution in [0.4, 0.5) is 0 Å². The molecular formula is C60H98O6. The lowest BCUT2D eigenvalue weighted by molar-refractivity contribution is -0.167. The van der Waals surface area contributed by atoms with Crippen molar-refractivity contribution in [2.45, 2.75) is 239 Å². The summed E-state index contributed by atoms with van der Waals surface area (Å²) in [4.78, 5) is 38.0. The number of allylic oxidation sites excluding steroid dienone is 18. The summed E-state index contributed by atoms with van der Waals surface area (Å²) in [5.74, 6) is -0.962. The molecule has 0 aliphatic rings. The van der Waals surface area contributed by atoms with Gasteiger partial charge in [-0.3, -0.25) is 14.4 Å². The van der Waals surface area contributed by atoms with Crippen molar-refractivity contribution >= 4 is 17.9 Å². The number of ether oxygens (including phenoxy) is 3. The summed E-state index contributed by atoms with van der Waals surface area (Å²) >= 11 is 0. The molecule has 6 heteroatoms. The second-order valence-corrected chi connectivity index (χ2v) is 17.4. The molecule has 0 aromatic carbocycles. The fourth-order valence-corrected chi connectivity index (χ4v) is 7.01. The van der Waals surface area contributed by atoms with E-state index in [1.165, 1.54) is 64.2 Å². The SMILES string of the molecule is CC/C=C\C/C=C\C/C=C\C/C=C\CCCCCCCCCCCCC(=O)OCC(COC(=O)CCCCCCC/C=C\CCC)OC(=O)CCCC/C=C\C/C=C\C/C=C\C/C=C\CC. The summed E-state index contributed by atoms with van der Waals surface area (Å²) in [6.45, 7) is 6.29. The molecule has 1 atom stereocenters. The summed E-state index contributed by atoms with van der Waals surface area (Å²) in [6, 6.07) is 0. The Balaban J connectivity index is 4.35. The summed E-state index contributed by atoms with van der Waals surface area (Å²) in [6.07, 6.45) is 72.3. The monoisotopic (exact) mass is 915 g/mol. The zero-order chi connectivity index (χ0) is 47.9. The minimum Gasteiger partial charge on any atom is -0.462 e. The average molecular weight is 915 g/mol. The predicted molar refractivity (Wildman–Crippen MR) is 283 cm³/mol.